The fourth-order valence-electron chi connectivity index (χ4n) is 2.67. The number of ether oxygens (including phenoxy) is 1. The second-order valence-electron chi connectivity index (χ2n) is 5.36. The van der Waals surface area contributed by atoms with E-state index in [1.54, 1.807) is 6.08 Å². The summed E-state index contributed by atoms with van der Waals surface area (Å²) in [6, 6.07) is 17.3. The monoisotopic (exact) mass is 319 g/mol. The Kier molecular flexibility index (Phi) is 4.57. The highest BCUT2D eigenvalue weighted by atomic mass is 16.5. The van der Waals surface area contributed by atoms with E-state index in [0.29, 0.717) is 12.1 Å². The first-order chi connectivity index (χ1) is 11.7. The number of esters is 1. The van der Waals surface area contributed by atoms with Crippen LogP contribution in [0.15, 0.2) is 67.3 Å². The summed E-state index contributed by atoms with van der Waals surface area (Å²) >= 11 is 0. The average Bonchev–Trinajstić information content (AvgIpc) is 2.62. The molecule has 0 heterocycles. The minimum atomic E-state index is -0.503. The van der Waals surface area contributed by atoms with Gasteiger partial charge in [-0.3, -0.25) is 4.79 Å². The van der Waals surface area contributed by atoms with Crippen molar-refractivity contribution in [3.8, 4) is 0 Å². The van der Waals surface area contributed by atoms with Crippen LogP contribution in [0.1, 0.15) is 10.4 Å². The Balaban J connectivity index is 1.98. The lowest BCUT2D eigenvalue weighted by Gasteiger charge is -2.11. The zero-order valence-corrected chi connectivity index (χ0v) is 13.1. The number of carbonyl (C=O) groups is 2. The van der Waals surface area contributed by atoms with E-state index in [9.17, 15) is 9.59 Å². The lowest BCUT2D eigenvalue weighted by atomic mass is 9.97. The number of fused-ring (bicyclic) bond motifs is 2. The van der Waals surface area contributed by atoms with Gasteiger partial charge in [-0.15, -0.1) is 6.58 Å². The predicted molar refractivity (Wildman–Crippen MR) is 94.9 cm³/mol. The number of amides is 1. The molecule has 0 aliphatic heterocycles. The first-order valence-electron chi connectivity index (χ1n) is 7.66. The van der Waals surface area contributed by atoms with Crippen molar-refractivity contribution in [3.05, 3.63) is 72.8 Å². The molecule has 0 aliphatic carbocycles. The molecule has 3 aromatic carbocycles. The Hall–Kier alpha value is -3.14. The molecule has 1 amide bonds. The molecule has 0 bridgehead atoms. The zero-order valence-electron chi connectivity index (χ0n) is 13.1. The van der Waals surface area contributed by atoms with Crippen LogP contribution in [0.25, 0.3) is 21.5 Å². The first-order valence-corrected chi connectivity index (χ1v) is 7.66. The highest BCUT2D eigenvalue weighted by molar-refractivity contribution is 6.16. The molecule has 0 spiro atoms. The predicted octanol–water partition coefficient (Wildman–Crippen LogP) is 3.45. The number of nitrogens with one attached hydrogen (secondary N) is 1. The van der Waals surface area contributed by atoms with Crippen LogP contribution in [0.5, 0.6) is 0 Å². The van der Waals surface area contributed by atoms with Crippen molar-refractivity contribution in [3.63, 3.8) is 0 Å². The summed E-state index contributed by atoms with van der Waals surface area (Å²) in [4.78, 5) is 24.3. The average molecular weight is 319 g/mol. The third-order valence-electron chi connectivity index (χ3n) is 3.75. The van der Waals surface area contributed by atoms with Crippen molar-refractivity contribution in [2.24, 2.45) is 0 Å². The molecule has 4 nitrogen and oxygen atoms in total. The van der Waals surface area contributed by atoms with Gasteiger partial charge in [0.15, 0.2) is 6.61 Å². The third-order valence-corrected chi connectivity index (χ3v) is 3.75. The Bertz CT molecular complexity index is 876. The number of rotatable bonds is 5. The molecule has 0 atom stereocenters. The molecule has 3 rings (SSSR count). The Labute approximate surface area is 139 Å². The van der Waals surface area contributed by atoms with Crippen LogP contribution in [0.4, 0.5) is 0 Å². The van der Waals surface area contributed by atoms with Gasteiger partial charge in [-0.2, -0.15) is 0 Å². The zero-order chi connectivity index (χ0) is 16.9. The summed E-state index contributed by atoms with van der Waals surface area (Å²) in [5.74, 6) is -0.857. The molecule has 0 fully saturated rings. The maximum absolute atomic E-state index is 12.6. The van der Waals surface area contributed by atoms with Crippen molar-refractivity contribution in [2.75, 3.05) is 13.2 Å². The number of hydrogen-bond donors (Lipinski definition) is 1. The summed E-state index contributed by atoms with van der Waals surface area (Å²) in [5, 5.41) is 6.12. The van der Waals surface area contributed by atoms with E-state index in [4.69, 9.17) is 4.74 Å². The maximum atomic E-state index is 12.6. The second kappa shape index (κ2) is 6.96. The van der Waals surface area contributed by atoms with Crippen LogP contribution in [0.3, 0.4) is 0 Å². The molecule has 24 heavy (non-hydrogen) atoms. The molecule has 0 radical (unpaired) electrons. The van der Waals surface area contributed by atoms with Crippen molar-refractivity contribution < 1.29 is 14.3 Å². The lowest BCUT2D eigenvalue weighted by Crippen LogP contribution is -2.28. The van der Waals surface area contributed by atoms with Gasteiger partial charge in [-0.05, 0) is 27.6 Å². The van der Waals surface area contributed by atoms with Gasteiger partial charge in [0.1, 0.15) is 0 Å². The van der Waals surface area contributed by atoms with Crippen LogP contribution in [0, 0.1) is 0 Å². The van der Waals surface area contributed by atoms with E-state index in [0.717, 1.165) is 21.5 Å². The van der Waals surface area contributed by atoms with E-state index < -0.39 is 5.97 Å². The van der Waals surface area contributed by atoms with E-state index >= 15 is 0 Å². The van der Waals surface area contributed by atoms with E-state index in [2.05, 4.69) is 11.9 Å². The minimum Gasteiger partial charge on any atom is -0.452 e. The molecule has 4 heteroatoms. The largest absolute Gasteiger partial charge is 0.452 e. The highest BCUT2D eigenvalue weighted by Crippen LogP contribution is 2.28. The van der Waals surface area contributed by atoms with Gasteiger partial charge in [0, 0.05) is 6.54 Å². The van der Waals surface area contributed by atoms with Crippen LogP contribution in [-0.4, -0.2) is 25.0 Å². The first kappa shape index (κ1) is 15.7. The number of carbonyl (C=O) groups excluding carboxylic acids is 2. The Morgan fingerprint density at radius 3 is 2.17 bits per heavy atom. The molecular weight excluding hydrogens is 302 g/mol. The molecular formula is C20H17NO3. The minimum absolute atomic E-state index is 0.315. The van der Waals surface area contributed by atoms with Gasteiger partial charge < -0.3 is 10.1 Å². The summed E-state index contributed by atoms with van der Waals surface area (Å²) in [5.41, 5.74) is 0.486. The third kappa shape index (κ3) is 3.13. The van der Waals surface area contributed by atoms with Crippen LogP contribution in [-0.2, 0) is 9.53 Å². The van der Waals surface area contributed by atoms with Gasteiger partial charge in [0.25, 0.3) is 5.91 Å². The number of benzene rings is 3. The Morgan fingerprint density at radius 2 is 1.58 bits per heavy atom. The van der Waals surface area contributed by atoms with Crippen LogP contribution in [0.2, 0.25) is 0 Å². The molecule has 0 unspecified atom stereocenters. The van der Waals surface area contributed by atoms with Crippen LogP contribution < -0.4 is 5.32 Å². The summed E-state index contributed by atoms with van der Waals surface area (Å²) < 4.78 is 5.22. The number of hydrogen-bond acceptors (Lipinski definition) is 3. The fourth-order valence-corrected chi connectivity index (χ4v) is 2.67. The molecule has 120 valence electrons. The van der Waals surface area contributed by atoms with Crippen molar-refractivity contribution in [1.82, 2.24) is 5.32 Å². The van der Waals surface area contributed by atoms with E-state index in [1.165, 1.54) is 0 Å². The summed E-state index contributed by atoms with van der Waals surface area (Å²) in [6.07, 6.45) is 1.57. The van der Waals surface area contributed by atoms with Crippen LogP contribution >= 0.6 is 0 Å². The van der Waals surface area contributed by atoms with Gasteiger partial charge in [-0.1, -0.05) is 54.6 Å². The molecule has 0 aromatic heterocycles. The molecule has 3 aromatic rings. The Morgan fingerprint density at radius 1 is 1.00 bits per heavy atom. The second-order valence-corrected chi connectivity index (χ2v) is 5.36. The molecule has 1 N–H and O–H groups in total. The standard InChI is InChI=1S/C20H17NO3/c1-2-11-21-18(22)13-24-20(23)19-16-9-5-3-7-14(16)12-15-8-4-6-10-17(15)19/h2-10,12H,1,11,13H2,(H,21,22). The molecule has 0 saturated carbocycles. The van der Waals surface area contributed by atoms with Gasteiger partial charge in [0.05, 0.1) is 5.56 Å². The smallest absolute Gasteiger partial charge is 0.339 e. The van der Waals surface area contributed by atoms with Gasteiger partial charge in [-0.25, -0.2) is 4.79 Å². The van der Waals surface area contributed by atoms with Crippen molar-refractivity contribution in [1.29, 1.82) is 0 Å². The van der Waals surface area contributed by atoms with E-state index in [1.807, 2.05) is 54.6 Å². The fraction of sp³-hybridized carbons (Fsp3) is 0.100. The van der Waals surface area contributed by atoms with Crippen molar-refractivity contribution in [2.45, 2.75) is 0 Å². The molecule has 0 saturated heterocycles. The highest BCUT2D eigenvalue weighted by Gasteiger charge is 2.17. The van der Waals surface area contributed by atoms with Gasteiger partial charge in [0.2, 0.25) is 0 Å². The quantitative estimate of drug-likeness (QED) is 0.445. The van der Waals surface area contributed by atoms with E-state index in [-0.39, 0.29) is 12.5 Å². The summed E-state index contributed by atoms with van der Waals surface area (Å²) in [6.45, 7) is 3.55. The normalized spacial score (nSPS) is 10.5. The maximum Gasteiger partial charge on any atom is 0.339 e. The molecule has 0 aliphatic rings. The van der Waals surface area contributed by atoms with Crippen molar-refractivity contribution >= 4 is 33.4 Å². The summed E-state index contributed by atoms with van der Waals surface area (Å²) in [7, 11) is 0. The van der Waals surface area contributed by atoms with Gasteiger partial charge >= 0.3 is 5.97 Å². The SMILES string of the molecule is C=CCNC(=O)COC(=O)c1c2ccccc2cc2ccccc12. The topological polar surface area (TPSA) is 55.4 Å². The lowest BCUT2D eigenvalue weighted by molar-refractivity contribution is -0.124.